The molecule has 2 aromatic carbocycles. The number of hydrogen-bond acceptors (Lipinski definition) is 3. The summed E-state index contributed by atoms with van der Waals surface area (Å²) < 4.78 is 5.37. The van der Waals surface area contributed by atoms with Crippen LogP contribution in [0, 0.1) is 0 Å². The van der Waals surface area contributed by atoms with Gasteiger partial charge in [0.15, 0.2) is 6.61 Å². The largest absolute Gasteiger partial charge is 0.483 e. The normalized spacial score (nSPS) is 16.4. The van der Waals surface area contributed by atoms with Crippen molar-refractivity contribution < 1.29 is 14.3 Å². The molecule has 0 unspecified atom stereocenters. The van der Waals surface area contributed by atoms with Crippen molar-refractivity contribution in [1.82, 2.24) is 5.32 Å². The number of amides is 2. The van der Waals surface area contributed by atoms with E-state index in [1.54, 1.807) is 24.3 Å². The van der Waals surface area contributed by atoms with Gasteiger partial charge in [0.1, 0.15) is 5.75 Å². The predicted molar refractivity (Wildman–Crippen MR) is 95.3 cm³/mol. The molecule has 25 heavy (non-hydrogen) atoms. The Balaban J connectivity index is 1.80. The summed E-state index contributed by atoms with van der Waals surface area (Å²) in [5.41, 5.74) is 8.01. The standard InChI is InChI=1S/C20H22N2O3/c21-19(23)13-25-18-12-6-4-10-16(18)20(24)22-17-11-5-2-8-14-7-1-3-9-15(14)17/h1,3-4,6-7,9-10,12,17H,2,5,8,11,13H2,(H2,21,23)(H,22,24)/t17-/m1/s1. The number of aryl methyl sites for hydroxylation is 1. The third-order valence-electron chi connectivity index (χ3n) is 4.43. The van der Waals surface area contributed by atoms with Crippen LogP contribution in [0.25, 0.3) is 0 Å². The van der Waals surface area contributed by atoms with E-state index < -0.39 is 5.91 Å². The number of nitrogens with two attached hydrogens (primary N) is 1. The molecule has 1 aliphatic carbocycles. The van der Waals surface area contributed by atoms with Crippen LogP contribution >= 0.6 is 0 Å². The Morgan fingerprint density at radius 1 is 1.08 bits per heavy atom. The first kappa shape index (κ1) is 17.0. The van der Waals surface area contributed by atoms with E-state index >= 15 is 0 Å². The molecule has 2 aromatic rings. The summed E-state index contributed by atoms with van der Waals surface area (Å²) in [6.45, 7) is -0.253. The van der Waals surface area contributed by atoms with E-state index in [4.69, 9.17) is 10.5 Å². The molecule has 0 aliphatic heterocycles. The molecule has 0 spiro atoms. The molecule has 2 amide bonds. The zero-order valence-electron chi connectivity index (χ0n) is 14.0. The SMILES string of the molecule is NC(=O)COc1ccccc1C(=O)N[C@@H]1CCCCc2ccccc21. The molecule has 1 atom stereocenters. The fraction of sp³-hybridized carbons (Fsp3) is 0.300. The molecule has 3 N–H and O–H groups in total. The van der Waals surface area contributed by atoms with Gasteiger partial charge in [-0.05, 0) is 42.5 Å². The summed E-state index contributed by atoms with van der Waals surface area (Å²) >= 11 is 0. The number of nitrogens with one attached hydrogen (secondary N) is 1. The van der Waals surface area contributed by atoms with E-state index in [2.05, 4.69) is 17.4 Å². The Hall–Kier alpha value is -2.82. The maximum absolute atomic E-state index is 12.8. The van der Waals surface area contributed by atoms with E-state index in [0.717, 1.165) is 25.7 Å². The van der Waals surface area contributed by atoms with E-state index in [-0.39, 0.29) is 18.6 Å². The summed E-state index contributed by atoms with van der Waals surface area (Å²) in [4.78, 5) is 23.7. The summed E-state index contributed by atoms with van der Waals surface area (Å²) in [6, 6.07) is 15.1. The second-order valence-electron chi connectivity index (χ2n) is 6.22. The Morgan fingerprint density at radius 3 is 2.68 bits per heavy atom. The lowest BCUT2D eigenvalue weighted by molar-refractivity contribution is -0.119. The lowest BCUT2D eigenvalue weighted by Crippen LogP contribution is -2.29. The van der Waals surface area contributed by atoms with Crippen LogP contribution in [-0.2, 0) is 11.2 Å². The van der Waals surface area contributed by atoms with Crippen LogP contribution in [0.15, 0.2) is 48.5 Å². The van der Waals surface area contributed by atoms with Crippen molar-refractivity contribution in [3.63, 3.8) is 0 Å². The maximum atomic E-state index is 12.8. The minimum absolute atomic E-state index is 0.0182. The number of hydrogen-bond donors (Lipinski definition) is 2. The van der Waals surface area contributed by atoms with Gasteiger partial charge in [0, 0.05) is 0 Å². The first-order valence-electron chi connectivity index (χ1n) is 8.54. The highest BCUT2D eigenvalue weighted by Crippen LogP contribution is 2.29. The van der Waals surface area contributed by atoms with Crippen molar-refractivity contribution in [3.8, 4) is 5.75 Å². The van der Waals surface area contributed by atoms with Crippen LogP contribution in [0.4, 0.5) is 0 Å². The van der Waals surface area contributed by atoms with Crippen LogP contribution in [0.1, 0.15) is 46.8 Å². The molecule has 0 saturated carbocycles. The molecule has 5 heteroatoms. The summed E-state index contributed by atoms with van der Waals surface area (Å²) in [7, 11) is 0. The number of primary amides is 1. The second kappa shape index (κ2) is 7.83. The lowest BCUT2D eigenvalue weighted by atomic mass is 9.98. The average Bonchev–Trinajstić information content (AvgIpc) is 2.82. The average molecular weight is 338 g/mol. The highest BCUT2D eigenvalue weighted by atomic mass is 16.5. The third kappa shape index (κ3) is 4.18. The van der Waals surface area contributed by atoms with Crippen molar-refractivity contribution in [2.75, 3.05) is 6.61 Å². The van der Waals surface area contributed by atoms with Crippen LogP contribution < -0.4 is 15.8 Å². The van der Waals surface area contributed by atoms with Crippen LogP contribution in [0.2, 0.25) is 0 Å². The number of carbonyl (C=O) groups is 2. The van der Waals surface area contributed by atoms with Crippen molar-refractivity contribution >= 4 is 11.8 Å². The van der Waals surface area contributed by atoms with Crippen molar-refractivity contribution in [3.05, 3.63) is 65.2 Å². The van der Waals surface area contributed by atoms with E-state index in [1.165, 1.54) is 11.1 Å². The topological polar surface area (TPSA) is 81.4 Å². The Bertz CT molecular complexity index is 773. The summed E-state index contributed by atoms with van der Waals surface area (Å²) in [5, 5.41) is 3.12. The quantitative estimate of drug-likeness (QED) is 0.823. The fourth-order valence-corrected chi connectivity index (χ4v) is 3.24. The van der Waals surface area contributed by atoms with Gasteiger partial charge in [0.25, 0.3) is 11.8 Å². The Labute approximate surface area is 147 Å². The van der Waals surface area contributed by atoms with E-state index in [1.807, 2.05) is 12.1 Å². The molecule has 0 fully saturated rings. The number of rotatable bonds is 5. The molecular weight excluding hydrogens is 316 g/mol. The monoisotopic (exact) mass is 338 g/mol. The maximum Gasteiger partial charge on any atom is 0.255 e. The molecular formula is C20H22N2O3. The Kier molecular flexibility index (Phi) is 5.33. The lowest BCUT2D eigenvalue weighted by Gasteiger charge is -2.20. The predicted octanol–water partition coefficient (Wildman–Crippen LogP) is 2.75. The van der Waals surface area contributed by atoms with Crippen LogP contribution in [-0.4, -0.2) is 18.4 Å². The molecule has 0 bridgehead atoms. The molecule has 5 nitrogen and oxygen atoms in total. The number of fused-ring (bicyclic) bond motifs is 1. The highest BCUT2D eigenvalue weighted by molar-refractivity contribution is 5.97. The fourth-order valence-electron chi connectivity index (χ4n) is 3.24. The highest BCUT2D eigenvalue weighted by Gasteiger charge is 2.22. The summed E-state index contributed by atoms with van der Waals surface area (Å²) in [6.07, 6.45) is 4.15. The van der Waals surface area contributed by atoms with Gasteiger partial charge in [-0.3, -0.25) is 9.59 Å². The Morgan fingerprint density at radius 2 is 1.84 bits per heavy atom. The van der Waals surface area contributed by atoms with Crippen molar-refractivity contribution in [1.29, 1.82) is 0 Å². The molecule has 0 heterocycles. The number of ether oxygens (including phenoxy) is 1. The van der Waals surface area contributed by atoms with Gasteiger partial charge in [-0.2, -0.15) is 0 Å². The number of carbonyl (C=O) groups excluding carboxylic acids is 2. The van der Waals surface area contributed by atoms with Gasteiger partial charge < -0.3 is 15.8 Å². The minimum atomic E-state index is -0.576. The van der Waals surface area contributed by atoms with E-state index in [9.17, 15) is 9.59 Å². The summed E-state index contributed by atoms with van der Waals surface area (Å²) in [5.74, 6) is -0.421. The van der Waals surface area contributed by atoms with Gasteiger partial charge in [-0.25, -0.2) is 0 Å². The molecule has 0 aromatic heterocycles. The van der Waals surface area contributed by atoms with Crippen LogP contribution in [0.5, 0.6) is 5.75 Å². The molecule has 130 valence electrons. The molecule has 0 radical (unpaired) electrons. The van der Waals surface area contributed by atoms with E-state index in [0.29, 0.717) is 11.3 Å². The first-order valence-corrected chi connectivity index (χ1v) is 8.54. The molecule has 1 aliphatic rings. The van der Waals surface area contributed by atoms with Gasteiger partial charge in [-0.15, -0.1) is 0 Å². The molecule has 3 rings (SSSR count). The first-order chi connectivity index (χ1) is 12.1. The van der Waals surface area contributed by atoms with Crippen molar-refractivity contribution in [2.24, 2.45) is 5.73 Å². The number of para-hydroxylation sites is 1. The van der Waals surface area contributed by atoms with Gasteiger partial charge in [0.2, 0.25) is 0 Å². The zero-order chi connectivity index (χ0) is 17.6. The molecule has 0 saturated heterocycles. The van der Waals surface area contributed by atoms with Crippen LogP contribution in [0.3, 0.4) is 0 Å². The second-order valence-corrected chi connectivity index (χ2v) is 6.22. The van der Waals surface area contributed by atoms with Gasteiger partial charge in [0.05, 0.1) is 11.6 Å². The van der Waals surface area contributed by atoms with Crippen molar-refractivity contribution in [2.45, 2.75) is 31.7 Å². The number of benzene rings is 2. The van der Waals surface area contributed by atoms with Gasteiger partial charge >= 0.3 is 0 Å². The zero-order valence-corrected chi connectivity index (χ0v) is 14.0. The minimum Gasteiger partial charge on any atom is -0.483 e. The van der Waals surface area contributed by atoms with Gasteiger partial charge in [-0.1, -0.05) is 42.8 Å². The smallest absolute Gasteiger partial charge is 0.255 e. The third-order valence-corrected chi connectivity index (χ3v) is 4.43.